The Morgan fingerprint density at radius 2 is 1.95 bits per heavy atom. The maximum atomic E-state index is 12.1. The van der Waals surface area contributed by atoms with Crippen LogP contribution in [-0.4, -0.2) is 27.4 Å². The first-order valence-corrected chi connectivity index (χ1v) is 6.61. The maximum Gasteiger partial charge on any atom is 0.325 e. The Kier molecular flexibility index (Phi) is 3.01. The largest absolute Gasteiger partial charge is 0.444 e. The number of hydrogen-bond donors (Lipinski definition) is 1. The topological polar surface area (TPSA) is 75.4 Å². The van der Waals surface area contributed by atoms with E-state index in [2.05, 4.69) is 10.3 Å². The van der Waals surface area contributed by atoms with Crippen molar-refractivity contribution < 1.29 is 14.0 Å². The number of hydrogen-bond acceptors (Lipinski definition) is 4. The van der Waals surface area contributed by atoms with Gasteiger partial charge in [-0.15, -0.1) is 0 Å². The smallest absolute Gasteiger partial charge is 0.325 e. The molecular weight excluding hydrogens is 270 g/mol. The van der Waals surface area contributed by atoms with E-state index in [0.717, 1.165) is 10.5 Å². The molecule has 3 amide bonds. The summed E-state index contributed by atoms with van der Waals surface area (Å²) in [6.07, 6.45) is 1.47. The van der Waals surface area contributed by atoms with E-state index in [1.807, 2.05) is 30.3 Å². The molecule has 108 valence electrons. The zero-order valence-electron chi connectivity index (χ0n) is 11.8. The number of imide groups is 1. The van der Waals surface area contributed by atoms with Gasteiger partial charge in [0.05, 0.1) is 12.2 Å². The van der Waals surface area contributed by atoms with Crippen LogP contribution in [0.1, 0.15) is 19.5 Å². The van der Waals surface area contributed by atoms with E-state index < -0.39 is 11.6 Å². The second kappa shape index (κ2) is 4.73. The van der Waals surface area contributed by atoms with Crippen molar-refractivity contribution in [1.82, 2.24) is 15.2 Å². The molecule has 1 aromatic heterocycles. The highest BCUT2D eigenvalue weighted by Gasteiger charge is 2.44. The lowest BCUT2D eigenvalue weighted by Crippen LogP contribution is -2.40. The Morgan fingerprint density at radius 1 is 1.24 bits per heavy atom. The molecule has 0 atom stereocenters. The molecule has 3 rings (SSSR count). The third-order valence-corrected chi connectivity index (χ3v) is 3.34. The molecule has 1 aliphatic rings. The highest BCUT2D eigenvalue weighted by Crippen LogP contribution is 2.22. The minimum absolute atomic E-state index is 0.102. The summed E-state index contributed by atoms with van der Waals surface area (Å²) < 4.78 is 5.40. The van der Waals surface area contributed by atoms with Crippen LogP contribution in [0, 0.1) is 0 Å². The Morgan fingerprint density at radius 3 is 2.57 bits per heavy atom. The normalized spacial score (nSPS) is 17.1. The molecule has 0 aliphatic carbocycles. The van der Waals surface area contributed by atoms with Gasteiger partial charge >= 0.3 is 6.03 Å². The molecule has 0 unspecified atom stereocenters. The molecule has 21 heavy (non-hydrogen) atoms. The summed E-state index contributed by atoms with van der Waals surface area (Å²) in [6, 6.07) is 9.04. The Balaban J connectivity index is 1.80. The zero-order valence-corrected chi connectivity index (χ0v) is 11.8. The van der Waals surface area contributed by atoms with Gasteiger partial charge in [0.15, 0.2) is 0 Å². The van der Waals surface area contributed by atoms with Gasteiger partial charge in [0.2, 0.25) is 5.89 Å². The molecular formula is C15H15N3O3. The van der Waals surface area contributed by atoms with E-state index in [1.165, 1.54) is 6.26 Å². The van der Waals surface area contributed by atoms with Crippen LogP contribution in [-0.2, 0) is 11.3 Å². The van der Waals surface area contributed by atoms with E-state index >= 15 is 0 Å². The van der Waals surface area contributed by atoms with Crippen molar-refractivity contribution in [3.05, 3.63) is 42.3 Å². The number of carbonyl (C=O) groups is 2. The van der Waals surface area contributed by atoms with Crippen molar-refractivity contribution in [2.75, 3.05) is 0 Å². The van der Waals surface area contributed by atoms with Gasteiger partial charge in [-0.25, -0.2) is 9.78 Å². The minimum atomic E-state index is -0.872. The fraction of sp³-hybridized carbons (Fsp3) is 0.267. The van der Waals surface area contributed by atoms with Gasteiger partial charge in [0, 0.05) is 5.56 Å². The summed E-state index contributed by atoms with van der Waals surface area (Å²) in [4.78, 5) is 29.4. The van der Waals surface area contributed by atoms with E-state index in [9.17, 15) is 9.59 Å². The van der Waals surface area contributed by atoms with Crippen LogP contribution in [0.2, 0.25) is 0 Å². The summed E-state index contributed by atoms with van der Waals surface area (Å²) in [7, 11) is 0. The maximum absolute atomic E-state index is 12.1. The number of carbonyl (C=O) groups excluding carboxylic acids is 2. The van der Waals surface area contributed by atoms with E-state index in [1.54, 1.807) is 13.8 Å². The number of oxazole rings is 1. The molecule has 6 heteroatoms. The molecule has 1 aromatic carbocycles. The first kappa shape index (κ1) is 13.4. The lowest BCUT2D eigenvalue weighted by atomic mass is 10.1. The Hall–Kier alpha value is -2.63. The van der Waals surface area contributed by atoms with Gasteiger partial charge < -0.3 is 9.73 Å². The zero-order chi connectivity index (χ0) is 15.0. The SMILES string of the molecule is CC1(C)NC(=O)N(Cc2coc(-c3ccccc3)n2)C1=O. The van der Waals surface area contributed by atoms with E-state index in [0.29, 0.717) is 11.6 Å². The average Bonchev–Trinajstić information content (AvgIpc) is 2.99. The molecule has 0 radical (unpaired) electrons. The molecule has 0 spiro atoms. The summed E-state index contributed by atoms with van der Waals surface area (Å²) >= 11 is 0. The number of aromatic nitrogens is 1. The number of urea groups is 1. The Labute approximate surface area is 121 Å². The quantitative estimate of drug-likeness (QED) is 0.877. The fourth-order valence-electron chi connectivity index (χ4n) is 2.22. The van der Waals surface area contributed by atoms with Crippen molar-refractivity contribution in [2.45, 2.75) is 25.9 Å². The van der Waals surface area contributed by atoms with Gasteiger partial charge in [0.1, 0.15) is 11.8 Å². The van der Waals surface area contributed by atoms with E-state index in [4.69, 9.17) is 4.42 Å². The first-order valence-electron chi connectivity index (χ1n) is 6.61. The minimum Gasteiger partial charge on any atom is -0.444 e. The van der Waals surface area contributed by atoms with Crippen LogP contribution in [0.4, 0.5) is 4.79 Å². The van der Waals surface area contributed by atoms with Crippen molar-refractivity contribution in [2.24, 2.45) is 0 Å². The van der Waals surface area contributed by atoms with Gasteiger partial charge in [-0.2, -0.15) is 0 Å². The highest BCUT2D eigenvalue weighted by molar-refractivity contribution is 6.06. The van der Waals surface area contributed by atoms with Crippen LogP contribution in [0.15, 0.2) is 41.0 Å². The lowest BCUT2D eigenvalue weighted by molar-refractivity contribution is -0.130. The second-order valence-corrected chi connectivity index (χ2v) is 5.46. The number of amides is 3. The van der Waals surface area contributed by atoms with Crippen LogP contribution in [0.25, 0.3) is 11.5 Å². The summed E-state index contributed by atoms with van der Waals surface area (Å²) in [5.41, 5.74) is 0.514. The lowest BCUT2D eigenvalue weighted by Gasteiger charge is -2.14. The van der Waals surface area contributed by atoms with Crippen molar-refractivity contribution in [3.8, 4) is 11.5 Å². The summed E-state index contributed by atoms with van der Waals surface area (Å²) in [5, 5.41) is 2.63. The van der Waals surface area contributed by atoms with Crippen molar-refractivity contribution in [3.63, 3.8) is 0 Å². The highest BCUT2D eigenvalue weighted by atomic mass is 16.3. The summed E-state index contributed by atoms with van der Waals surface area (Å²) in [5.74, 6) is 0.202. The molecule has 1 aliphatic heterocycles. The molecule has 1 N–H and O–H groups in total. The third-order valence-electron chi connectivity index (χ3n) is 3.34. The molecule has 0 bridgehead atoms. The van der Waals surface area contributed by atoms with Crippen LogP contribution < -0.4 is 5.32 Å². The molecule has 1 fully saturated rings. The van der Waals surface area contributed by atoms with Gasteiger partial charge in [0.25, 0.3) is 5.91 Å². The van der Waals surface area contributed by atoms with Crippen molar-refractivity contribution >= 4 is 11.9 Å². The first-order chi connectivity index (χ1) is 9.97. The third kappa shape index (κ3) is 2.40. The molecule has 2 heterocycles. The van der Waals surface area contributed by atoms with Crippen molar-refractivity contribution in [1.29, 1.82) is 0 Å². The number of nitrogens with one attached hydrogen (secondary N) is 1. The van der Waals surface area contributed by atoms with E-state index in [-0.39, 0.29) is 12.5 Å². The predicted octanol–water partition coefficient (Wildman–Crippen LogP) is 2.17. The van der Waals surface area contributed by atoms with Gasteiger partial charge in [-0.1, -0.05) is 18.2 Å². The summed E-state index contributed by atoms with van der Waals surface area (Å²) in [6.45, 7) is 3.45. The standard InChI is InChI=1S/C15H15N3O3/c1-15(2)13(19)18(14(20)17-15)8-11-9-21-12(16-11)10-6-4-3-5-7-10/h3-7,9H,8H2,1-2H3,(H,17,20). The van der Waals surface area contributed by atoms with Crippen LogP contribution in [0.5, 0.6) is 0 Å². The Bertz CT molecular complexity index is 691. The number of benzene rings is 1. The molecule has 0 saturated carbocycles. The van der Waals surface area contributed by atoms with Gasteiger partial charge in [-0.3, -0.25) is 9.69 Å². The average molecular weight is 285 g/mol. The second-order valence-electron chi connectivity index (χ2n) is 5.46. The predicted molar refractivity (Wildman–Crippen MR) is 75.1 cm³/mol. The molecule has 1 saturated heterocycles. The molecule has 2 aromatic rings. The number of rotatable bonds is 3. The van der Waals surface area contributed by atoms with Crippen LogP contribution >= 0.6 is 0 Å². The monoisotopic (exact) mass is 285 g/mol. The fourth-order valence-corrected chi connectivity index (χ4v) is 2.22. The van der Waals surface area contributed by atoms with Gasteiger partial charge in [-0.05, 0) is 26.0 Å². The van der Waals surface area contributed by atoms with Crippen LogP contribution in [0.3, 0.4) is 0 Å². The molecule has 6 nitrogen and oxygen atoms in total. The number of nitrogens with zero attached hydrogens (tertiary/aromatic N) is 2.